The Morgan fingerprint density at radius 3 is 2.61 bits per heavy atom. The second-order valence-electron chi connectivity index (χ2n) is 4.58. The molecule has 2 aromatic heterocycles. The molecule has 0 atom stereocenters. The summed E-state index contributed by atoms with van der Waals surface area (Å²) in [4.78, 5) is 20.3. The smallest absolute Gasteiger partial charge is 0.278 e. The SMILES string of the molecule is COc1ccc(NC(=O)c2ncoc2-c2ccc(F)cc2)cn1. The van der Waals surface area contributed by atoms with Crippen molar-refractivity contribution in [3.8, 4) is 17.2 Å². The normalized spacial score (nSPS) is 10.3. The van der Waals surface area contributed by atoms with E-state index in [0.717, 1.165) is 0 Å². The van der Waals surface area contributed by atoms with Crippen LogP contribution in [0.4, 0.5) is 10.1 Å². The third kappa shape index (κ3) is 3.18. The molecule has 0 spiro atoms. The minimum absolute atomic E-state index is 0.104. The van der Waals surface area contributed by atoms with Gasteiger partial charge in [-0.05, 0) is 30.3 Å². The van der Waals surface area contributed by atoms with Gasteiger partial charge in [0.15, 0.2) is 17.8 Å². The Bertz CT molecular complexity index is 813. The van der Waals surface area contributed by atoms with Gasteiger partial charge in [-0.1, -0.05) is 0 Å². The van der Waals surface area contributed by atoms with Gasteiger partial charge in [0.25, 0.3) is 5.91 Å². The lowest BCUT2D eigenvalue weighted by atomic mass is 10.1. The number of pyridine rings is 1. The van der Waals surface area contributed by atoms with Gasteiger partial charge in [0, 0.05) is 11.6 Å². The number of hydrogen-bond acceptors (Lipinski definition) is 5. The summed E-state index contributed by atoms with van der Waals surface area (Å²) in [7, 11) is 1.50. The van der Waals surface area contributed by atoms with Gasteiger partial charge in [-0.25, -0.2) is 14.4 Å². The third-order valence-corrected chi connectivity index (χ3v) is 3.09. The predicted molar refractivity (Wildman–Crippen MR) is 80.6 cm³/mol. The van der Waals surface area contributed by atoms with E-state index in [9.17, 15) is 9.18 Å². The second kappa shape index (κ2) is 6.27. The lowest BCUT2D eigenvalue weighted by molar-refractivity contribution is 0.102. The molecule has 1 amide bonds. The summed E-state index contributed by atoms with van der Waals surface area (Å²) in [5.41, 5.74) is 1.15. The molecular formula is C16H12FN3O3. The quantitative estimate of drug-likeness (QED) is 0.800. The van der Waals surface area contributed by atoms with Crippen LogP contribution in [0.1, 0.15) is 10.5 Å². The molecule has 2 heterocycles. The summed E-state index contributed by atoms with van der Waals surface area (Å²) >= 11 is 0. The Kier molecular flexibility index (Phi) is 4.01. The summed E-state index contributed by atoms with van der Waals surface area (Å²) in [6.07, 6.45) is 2.63. The van der Waals surface area contributed by atoms with Crippen molar-refractivity contribution < 1.29 is 18.3 Å². The molecular weight excluding hydrogens is 301 g/mol. The van der Waals surface area contributed by atoms with E-state index in [2.05, 4.69) is 15.3 Å². The van der Waals surface area contributed by atoms with Crippen molar-refractivity contribution in [3.63, 3.8) is 0 Å². The first kappa shape index (κ1) is 14.7. The number of halogens is 1. The molecule has 0 saturated heterocycles. The van der Waals surface area contributed by atoms with Gasteiger partial charge in [0.2, 0.25) is 5.88 Å². The van der Waals surface area contributed by atoms with E-state index in [4.69, 9.17) is 9.15 Å². The van der Waals surface area contributed by atoms with Crippen molar-refractivity contribution in [1.82, 2.24) is 9.97 Å². The molecule has 0 fully saturated rings. The van der Waals surface area contributed by atoms with Crippen molar-refractivity contribution >= 4 is 11.6 Å². The topological polar surface area (TPSA) is 77.2 Å². The Hall–Kier alpha value is -3.22. The van der Waals surface area contributed by atoms with Crippen LogP contribution < -0.4 is 10.1 Å². The number of anilines is 1. The maximum Gasteiger partial charge on any atom is 0.278 e. The summed E-state index contributed by atoms with van der Waals surface area (Å²) in [5, 5.41) is 2.66. The summed E-state index contributed by atoms with van der Waals surface area (Å²) < 4.78 is 23.2. The number of carbonyl (C=O) groups excluding carboxylic acids is 1. The maximum absolute atomic E-state index is 13.0. The fraction of sp³-hybridized carbons (Fsp3) is 0.0625. The first-order chi connectivity index (χ1) is 11.2. The average Bonchev–Trinajstić information content (AvgIpc) is 3.06. The molecule has 0 unspecified atom stereocenters. The third-order valence-electron chi connectivity index (χ3n) is 3.09. The molecule has 1 aromatic carbocycles. The van der Waals surface area contributed by atoms with Crippen LogP contribution in [0.15, 0.2) is 53.4 Å². The highest BCUT2D eigenvalue weighted by atomic mass is 19.1. The Labute approximate surface area is 130 Å². The van der Waals surface area contributed by atoms with Crippen LogP contribution in [0.2, 0.25) is 0 Å². The zero-order valence-corrected chi connectivity index (χ0v) is 12.1. The van der Waals surface area contributed by atoms with E-state index < -0.39 is 5.91 Å². The first-order valence-electron chi connectivity index (χ1n) is 6.68. The Morgan fingerprint density at radius 2 is 1.96 bits per heavy atom. The van der Waals surface area contributed by atoms with Crippen LogP contribution in [0.5, 0.6) is 5.88 Å². The minimum atomic E-state index is -0.454. The molecule has 0 saturated carbocycles. The molecule has 0 radical (unpaired) electrons. The van der Waals surface area contributed by atoms with Crippen molar-refractivity contribution in [2.24, 2.45) is 0 Å². The first-order valence-corrected chi connectivity index (χ1v) is 6.68. The van der Waals surface area contributed by atoms with Crippen LogP contribution in [-0.2, 0) is 0 Å². The van der Waals surface area contributed by atoms with Crippen molar-refractivity contribution in [2.45, 2.75) is 0 Å². The molecule has 3 aromatic rings. The number of oxazole rings is 1. The minimum Gasteiger partial charge on any atom is -0.481 e. The monoisotopic (exact) mass is 313 g/mol. The lowest BCUT2D eigenvalue weighted by Crippen LogP contribution is -2.13. The van der Waals surface area contributed by atoms with Crippen LogP contribution in [0, 0.1) is 5.82 Å². The highest BCUT2D eigenvalue weighted by Gasteiger charge is 2.18. The van der Waals surface area contributed by atoms with Gasteiger partial charge in [0.05, 0.1) is 19.0 Å². The number of nitrogens with one attached hydrogen (secondary N) is 1. The standard InChI is InChI=1S/C16H12FN3O3/c1-22-13-7-6-12(8-18-13)20-16(21)14-15(23-9-19-14)10-2-4-11(17)5-3-10/h2-9H,1H3,(H,20,21). The van der Waals surface area contributed by atoms with Crippen molar-refractivity contribution in [3.05, 3.63) is 60.5 Å². The number of aromatic nitrogens is 2. The van der Waals surface area contributed by atoms with E-state index in [0.29, 0.717) is 17.1 Å². The molecule has 7 heteroatoms. The van der Waals surface area contributed by atoms with E-state index in [-0.39, 0.29) is 17.3 Å². The molecule has 23 heavy (non-hydrogen) atoms. The second-order valence-corrected chi connectivity index (χ2v) is 4.58. The van der Waals surface area contributed by atoms with Gasteiger partial charge in [-0.2, -0.15) is 0 Å². The fourth-order valence-electron chi connectivity index (χ4n) is 1.98. The number of amides is 1. The highest BCUT2D eigenvalue weighted by molar-refractivity contribution is 6.06. The zero-order chi connectivity index (χ0) is 16.2. The highest BCUT2D eigenvalue weighted by Crippen LogP contribution is 2.24. The number of carbonyl (C=O) groups is 1. The molecule has 0 aliphatic carbocycles. The largest absolute Gasteiger partial charge is 0.481 e. The number of benzene rings is 1. The molecule has 116 valence electrons. The van der Waals surface area contributed by atoms with E-state index in [1.807, 2.05) is 0 Å². The molecule has 0 aliphatic rings. The number of rotatable bonds is 4. The van der Waals surface area contributed by atoms with Crippen LogP contribution in [-0.4, -0.2) is 23.0 Å². The average molecular weight is 313 g/mol. The number of ether oxygens (including phenoxy) is 1. The van der Waals surface area contributed by atoms with E-state index >= 15 is 0 Å². The number of methoxy groups -OCH3 is 1. The number of nitrogens with zero attached hydrogens (tertiary/aromatic N) is 2. The molecule has 0 aliphatic heterocycles. The predicted octanol–water partition coefficient (Wildman–Crippen LogP) is 3.14. The molecule has 3 rings (SSSR count). The van der Waals surface area contributed by atoms with Gasteiger partial charge >= 0.3 is 0 Å². The number of hydrogen-bond donors (Lipinski definition) is 1. The molecule has 6 nitrogen and oxygen atoms in total. The van der Waals surface area contributed by atoms with E-state index in [1.54, 1.807) is 12.1 Å². The van der Waals surface area contributed by atoms with E-state index in [1.165, 1.54) is 44.0 Å². The Balaban J connectivity index is 1.82. The fourth-order valence-corrected chi connectivity index (χ4v) is 1.98. The van der Waals surface area contributed by atoms with Gasteiger partial charge in [-0.15, -0.1) is 0 Å². The molecule has 1 N–H and O–H groups in total. The zero-order valence-electron chi connectivity index (χ0n) is 12.1. The van der Waals surface area contributed by atoms with Crippen molar-refractivity contribution in [2.75, 3.05) is 12.4 Å². The van der Waals surface area contributed by atoms with Crippen LogP contribution in [0.25, 0.3) is 11.3 Å². The lowest BCUT2D eigenvalue weighted by Gasteiger charge is -2.05. The van der Waals surface area contributed by atoms with Crippen LogP contribution >= 0.6 is 0 Å². The summed E-state index contributed by atoms with van der Waals surface area (Å²) in [6, 6.07) is 8.88. The maximum atomic E-state index is 13.0. The van der Waals surface area contributed by atoms with Crippen molar-refractivity contribution in [1.29, 1.82) is 0 Å². The van der Waals surface area contributed by atoms with Gasteiger partial charge in [0.1, 0.15) is 5.82 Å². The Morgan fingerprint density at radius 1 is 1.17 bits per heavy atom. The van der Waals surface area contributed by atoms with Gasteiger partial charge < -0.3 is 14.5 Å². The molecule has 0 bridgehead atoms. The summed E-state index contributed by atoms with van der Waals surface area (Å²) in [6.45, 7) is 0. The van der Waals surface area contributed by atoms with Gasteiger partial charge in [-0.3, -0.25) is 4.79 Å². The van der Waals surface area contributed by atoms with Crippen LogP contribution in [0.3, 0.4) is 0 Å². The summed E-state index contributed by atoms with van der Waals surface area (Å²) in [5.74, 6) is -0.117.